The van der Waals surface area contributed by atoms with E-state index < -0.39 is 30.7 Å². The Morgan fingerprint density at radius 1 is 0.754 bits per heavy atom. The smallest absolute Gasteiger partial charge is 0.250 e. The fraction of sp³-hybridized carbons (Fsp3) is 0.902. The molecule has 0 aromatic carbocycles. The molecule has 2 aliphatic heterocycles. The third-order valence-corrected chi connectivity index (χ3v) is 29.5. The highest BCUT2D eigenvalue weighted by Crippen LogP contribution is 2.47. The first-order chi connectivity index (χ1) is 27.5. The van der Waals surface area contributed by atoms with Crippen LogP contribution >= 0.6 is 0 Å². The second kappa shape index (κ2) is 21.8. The fourth-order valence-electron chi connectivity index (χ4n) is 8.07. The molecule has 2 rings (SSSR count). The zero-order valence-corrected chi connectivity index (χ0v) is 47.2. The summed E-state index contributed by atoms with van der Waals surface area (Å²) in [5.41, 5.74) is 0. The van der Waals surface area contributed by atoms with E-state index in [0.29, 0.717) is 11.8 Å². The zero-order valence-electron chi connectivity index (χ0n) is 44.2. The maximum atomic E-state index is 14.2. The van der Waals surface area contributed by atoms with Crippen molar-refractivity contribution in [3.8, 4) is 0 Å². The highest BCUT2D eigenvalue weighted by molar-refractivity contribution is 6.75. The number of allylic oxidation sites excluding steroid dienone is 2. The van der Waals surface area contributed by atoms with E-state index in [4.69, 9.17) is 27.5 Å². The van der Waals surface area contributed by atoms with Crippen molar-refractivity contribution in [2.75, 3.05) is 7.11 Å². The fourth-order valence-corrected chi connectivity index (χ4v) is 12.1. The van der Waals surface area contributed by atoms with Crippen molar-refractivity contribution in [3.05, 3.63) is 24.5 Å². The average molecular weight is 910 g/mol. The molecule has 2 heterocycles. The largest absolute Gasteiger partial charge is 0.547 e. The third kappa shape index (κ3) is 15.5. The van der Waals surface area contributed by atoms with Gasteiger partial charge in [0.1, 0.15) is 6.10 Å². The Hall–Kier alpha value is -0.599. The molecule has 2 aliphatic rings. The SMILES string of the molecule is C=C(O[Si](C)(C)C(C)(C)C)[C@@H](C)CC[C@@H]1O[C@@]2(CC[C@H]1C)CC[C@H](C)[C@H]([C@H](C)CC[C@H](O[Si](C)(C)C(C)(C)C)[C@H](C)C(=O)/C=C/[C@H](OC)[C@H](O[Si](C)(C)C(C)(C)C)C(C)C)O2. The summed E-state index contributed by atoms with van der Waals surface area (Å²) in [6.07, 6.45) is 11.0. The van der Waals surface area contributed by atoms with Gasteiger partial charge in [-0.25, -0.2) is 0 Å². The molecule has 7 nitrogen and oxygen atoms in total. The van der Waals surface area contributed by atoms with E-state index in [1.807, 2.05) is 6.08 Å². The van der Waals surface area contributed by atoms with Gasteiger partial charge >= 0.3 is 0 Å². The van der Waals surface area contributed by atoms with Crippen molar-refractivity contribution in [3.63, 3.8) is 0 Å². The third-order valence-electron chi connectivity index (χ3n) is 16.2. The van der Waals surface area contributed by atoms with E-state index >= 15 is 0 Å². The van der Waals surface area contributed by atoms with Crippen LogP contribution in [0.15, 0.2) is 24.5 Å². The Balaban J connectivity index is 2.25. The van der Waals surface area contributed by atoms with Crippen LogP contribution in [0.5, 0.6) is 0 Å². The first kappa shape index (κ1) is 56.5. The summed E-state index contributed by atoms with van der Waals surface area (Å²) >= 11 is 0. The molecule has 0 aromatic heterocycles. The summed E-state index contributed by atoms with van der Waals surface area (Å²) in [6, 6.07) is 0. The Morgan fingerprint density at radius 3 is 1.75 bits per heavy atom. The quantitative estimate of drug-likeness (QED) is 0.0645. The minimum atomic E-state index is -2.20. The lowest BCUT2D eigenvalue weighted by molar-refractivity contribution is -0.338. The number of methoxy groups -OCH3 is 1. The van der Waals surface area contributed by atoms with Crippen molar-refractivity contribution in [1.29, 1.82) is 0 Å². The minimum absolute atomic E-state index is 0.0182. The highest BCUT2D eigenvalue weighted by Gasteiger charge is 2.49. The number of ether oxygens (including phenoxy) is 3. The predicted octanol–water partition coefficient (Wildman–Crippen LogP) is 14.9. The lowest BCUT2D eigenvalue weighted by Crippen LogP contribution is -2.53. The van der Waals surface area contributed by atoms with Gasteiger partial charge in [-0.3, -0.25) is 4.79 Å². The first-order valence-corrected chi connectivity index (χ1v) is 33.1. The van der Waals surface area contributed by atoms with Crippen molar-refractivity contribution >= 4 is 30.7 Å². The Labute approximate surface area is 381 Å². The number of hydrogen-bond donors (Lipinski definition) is 0. The van der Waals surface area contributed by atoms with Gasteiger partial charge < -0.3 is 27.5 Å². The van der Waals surface area contributed by atoms with Gasteiger partial charge in [-0.15, -0.1) is 0 Å². The number of hydrogen-bond acceptors (Lipinski definition) is 7. The van der Waals surface area contributed by atoms with E-state index in [9.17, 15) is 4.79 Å². The standard InChI is InChI=1S/C51H100O7Si3/c1-35(2)46(58-61(23,24)50(15,16)17)45(53-18)30-27-42(52)40(7)44(57-60(21,22)49(12,13)14)29-26-38(5)47-39(6)32-34-51(55-47)33-31-37(4)43(54-51)28-25-36(3)41(8)56-59(19,20)48(9,10)11/h27,30,35-40,43-47H,8,25-26,28-29,31-34H2,1-7,9-24H3/b30-27+/t36-,37+,38+,39-,40+,43-,44-,45-,46+,47-,51+/m0/s1. The Bertz CT molecular complexity index is 1420. The molecule has 0 radical (unpaired) electrons. The molecule has 1 spiro atoms. The summed E-state index contributed by atoms with van der Waals surface area (Å²) < 4.78 is 41.0. The molecule has 11 atom stereocenters. The number of rotatable bonds is 21. The Morgan fingerprint density at radius 2 is 1.26 bits per heavy atom. The van der Waals surface area contributed by atoms with E-state index in [2.05, 4.69) is 157 Å². The molecule has 0 aromatic rings. The first-order valence-electron chi connectivity index (χ1n) is 24.3. The minimum Gasteiger partial charge on any atom is -0.547 e. The lowest BCUT2D eigenvalue weighted by atomic mass is 9.79. The molecule has 0 unspecified atom stereocenters. The van der Waals surface area contributed by atoms with Crippen LogP contribution in [0.4, 0.5) is 0 Å². The van der Waals surface area contributed by atoms with E-state index in [1.54, 1.807) is 13.2 Å². The van der Waals surface area contributed by atoms with Crippen LogP contribution in [0.1, 0.15) is 162 Å². The maximum absolute atomic E-state index is 14.2. The van der Waals surface area contributed by atoms with Crippen molar-refractivity contribution in [2.24, 2.45) is 35.5 Å². The van der Waals surface area contributed by atoms with Gasteiger partial charge in [-0.1, -0.05) is 117 Å². The average Bonchev–Trinajstić information content (AvgIpc) is 3.12. The molecule has 10 heteroatoms. The molecule has 0 amide bonds. The summed E-state index contributed by atoms with van der Waals surface area (Å²) in [5, 5.41) is 0.230. The van der Waals surface area contributed by atoms with E-state index in [1.165, 1.54) is 0 Å². The van der Waals surface area contributed by atoms with Crippen molar-refractivity contribution in [1.82, 2.24) is 0 Å². The molecule has 0 bridgehead atoms. The van der Waals surface area contributed by atoms with Crippen molar-refractivity contribution in [2.45, 2.75) is 253 Å². The highest BCUT2D eigenvalue weighted by atomic mass is 28.4. The van der Waals surface area contributed by atoms with Gasteiger partial charge in [0.25, 0.3) is 0 Å². The van der Waals surface area contributed by atoms with Gasteiger partial charge in [0, 0.05) is 31.8 Å². The number of ketones is 1. The molecule has 0 saturated carbocycles. The number of carbonyl (C=O) groups excluding carboxylic acids is 1. The van der Waals surface area contributed by atoms with Gasteiger partial charge in [0.15, 0.2) is 28.2 Å². The Kier molecular flexibility index (Phi) is 20.2. The van der Waals surface area contributed by atoms with Crippen molar-refractivity contribution < 1.29 is 32.3 Å². The monoisotopic (exact) mass is 909 g/mol. The van der Waals surface area contributed by atoms with Crippen LogP contribution < -0.4 is 0 Å². The molecular formula is C51H100O7Si3. The normalized spacial score (nSPS) is 26.9. The predicted molar refractivity (Wildman–Crippen MR) is 267 cm³/mol. The van der Waals surface area contributed by atoms with E-state index in [-0.39, 0.29) is 75.1 Å². The number of carbonyl (C=O) groups is 1. The molecule has 0 N–H and O–H groups in total. The van der Waals surface area contributed by atoms with E-state index in [0.717, 1.165) is 57.1 Å². The molecule has 358 valence electrons. The van der Waals surface area contributed by atoms with Gasteiger partial charge in [0.2, 0.25) is 8.32 Å². The van der Waals surface area contributed by atoms with Crippen LogP contribution in [0, 0.1) is 35.5 Å². The zero-order chi connectivity index (χ0) is 47.3. The lowest BCUT2D eigenvalue weighted by Gasteiger charge is -2.51. The van der Waals surface area contributed by atoms with Gasteiger partial charge in [-0.2, -0.15) is 0 Å². The molecular weight excluding hydrogens is 809 g/mol. The van der Waals surface area contributed by atoms with Gasteiger partial charge in [-0.05, 0) is 129 Å². The second-order valence-corrected chi connectivity index (χ2v) is 39.0. The molecule has 2 fully saturated rings. The van der Waals surface area contributed by atoms with Gasteiger partial charge in [0.05, 0.1) is 30.2 Å². The summed E-state index contributed by atoms with van der Waals surface area (Å²) in [7, 11) is -4.48. The maximum Gasteiger partial charge on any atom is 0.250 e. The topological polar surface area (TPSA) is 72.5 Å². The van der Waals surface area contributed by atoms with Crippen LogP contribution in [-0.4, -0.2) is 74.2 Å². The van der Waals surface area contributed by atoms with Crippen LogP contribution in [-0.2, 0) is 32.3 Å². The summed E-state index contributed by atoms with van der Waals surface area (Å²) in [6.45, 7) is 54.3. The summed E-state index contributed by atoms with van der Waals surface area (Å²) in [4.78, 5) is 14.2. The van der Waals surface area contributed by atoms with Crippen LogP contribution in [0.2, 0.25) is 54.4 Å². The summed E-state index contributed by atoms with van der Waals surface area (Å²) in [5.74, 6) is 1.85. The molecule has 2 saturated heterocycles. The van der Waals surface area contributed by atoms with Crippen LogP contribution in [0.3, 0.4) is 0 Å². The molecule has 61 heavy (non-hydrogen) atoms. The molecule has 0 aliphatic carbocycles. The van der Waals surface area contributed by atoms with Crippen LogP contribution in [0.25, 0.3) is 0 Å². The second-order valence-electron chi connectivity index (χ2n) is 24.8.